The number of aliphatic carboxylic acids is 1. The number of carboxylic acid groups (broad SMARTS) is 1. The van der Waals surface area contributed by atoms with Crippen molar-refractivity contribution in [2.24, 2.45) is 5.92 Å². The Kier molecular flexibility index (Phi) is 15.0. The van der Waals surface area contributed by atoms with Crippen LogP contribution in [0.5, 0.6) is 5.75 Å². The van der Waals surface area contributed by atoms with Crippen LogP contribution in [-0.2, 0) is 41.7 Å². The number of Topliss-reactive ketones (excluding diaryl/α,β-unsaturated/α-hetero) is 1. The molecule has 0 saturated heterocycles. The summed E-state index contributed by atoms with van der Waals surface area (Å²) in [6.07, 6.45) is 9.57. The maximum Gasteiger partial charge on any atom is 0.330 e. The number of carbonyl (C=O) groups excluding carboxylic acids is 5. The van der Waals surface area contributed by atoms with E-state index in [1.54, 1.807) is 35.2 Å². The molecule has 292 valence electrons. The SMILES string of the molecule is CCCC(NC(=O)C1Cc2ccc3cc2CN1C(=O)[C@H](C1CCCCC1)NC(=O)CCCCCCO3)C(=O)CNCC(=O)N[C@H](C(=O)O)c1ccccc1. The number of fused-ring (bicyclic) bond motifs is 2. The van der Waals surface area contributed by atoms with Gasteiger partial charge in [0.25, 0.3) is 0 Å². The molecule has 5 N–H and O–H groups in total. The van der Waals surface area contributed by atoms with Crippen LogP contribution in [0.4, 0.5) is 0 Å². The second-order valence-electron chi connectivity index (χ2n) is 14.7. The van der Waals surface area contributed by atoms with Crippen molar-refractivity contribution in [3.63, 3.8) is 0 Å². The summed E-state index contributed by atoms with van der Waals surface area (Å²) in [5.74, 6) is -2.40. The molecular weight excluding hydrogens is 690 g/mol. The third-order valence-electron chi connectivity index (χ3n) is 10.7. The largest absolute Gasteiger partial charge is 0.494 e. The highest BCUT2D eigenvalue weighted by Gasteiger charge is 2.41. The first-order valence-corrected chi connectivity index (χ1v) is 19.6. The van der Waals surface area contributed by atoms with Crippen LogP contribution < -0.4 is 26.0 Å². The highest BCUT2D eigenvalue weighted by molar-refractivity contribution is 5.96. The molecule has 4 atom stereocenters. The standard InChI is InChI=1S/C41H55N5O8/c1-2-13-32(34(47)24-42-25-36(49)45-38(41(52)53)28-16-9-6-10-17-28)43-39(50)33-23-29-19-20-31-22-30(29)26-46(33)40(51)37(27-14-7-5-8-15-27)44-35(48)18-11-3-4-12-21-54-31/h6,9-10,16-17,19-20,22,27,32-33,37-38,42H,2-5,7-8,11-15,18,21,23-26H2,1H3,(H,43,50)(H,44,48)(H,45,49)(H,52,53)/t32?,33?,37-,38-/m0/s1. The number of ketones is 1. The summed E-state index contributed by atoms with van der Waals surface area (Å²) in [5, 5.41) is 20.9. The van der Waals surface area contributed by atoms with Crippen LogP contribution in [0.3, 0.4) is 0 Å². The van der Waals surface area contributed by atoms with Crippen LogP contribution in [0.25, 0.3) is 0 Å². The molecule has 0 radical (unpaired) electrons. The molecule has 2 unspecified atom stereocenters. The lowest BCUT2D eigenvalue weighted by molar-refractivity contribution is -0.146. The van der Waals surface area contributed by atoms with Gasteiger partial charge in [-0.25, -0.2) is 4.79 Å². The van der Waals surface area contributed by atoms with Crippen molar-refractivity contribution in [3.05, 3.63) is 65.2 Å². The Morgan fingerprint density at radius 2 is 1.65 bits per heavy atom. The predicted octanol–water partition coefficient (Wildman–Crippen LogP) is 3.73. The van der Waals surface area contributed by atoms with Gasteiger partial charge in [0.15, 0.2) is 11.8 Å². The summed E-state index contributed by atoms with van der Waals surface area (Å²) >= 11 is 0. The molecule has 54 heavy (non-hydrogen) atoms. The molecule has 1 saturated carbocycles. The molecule has 13 heteroatoms. The predicted molar refractivity (Wildman–Crippen MR) is 201 cm³/mol. The number of hydrogen-bond donors (Lipinski definition) is 5. The number of nitrogens with one attached hydrogen (secondary N) is 4. The maximum atomic E-state index is 14.7. The van der Waals surface area contributed by atoms with E-state index in [0.29, 0.717) is 43.6 Å². The number of hydrogen-bond acceptors (Lipinski definition) is 8. The third-order valence-corrected chi connectivity index (χ3v) is 10.7. The fraction of sp³-hybridized carbons (Fsp3) is 0.561. The number of rotatable bonds is 13. The molecule has 1 aliphatic carbocycles. The van der Waals surface area contributed by atoms with Crippen LogP contribution in [-0.4, -0.2) is 83.2 Å². The topological polar surface area (TPSA) is 183 Å². The number of amides is 4. The highest BCUT2D eigenvalue weighted by atomic mass is 16.5. The van der Waals surface area contributed by atoms with Gasteiger partial charge in [0.2, 0.25) is 23.6 Å². The molecule has 13 nitrogen and oxygen atoms in total. The number of nitrogens with zero attached hydrogens (tertiary/aromatic N) is 1. The molecular formula is C41H55N5O8. The molecule has 2 aromatic rings. The van der Waals surface area contributed by atoms with Gasteiger partial charge in [-0.2, -0.15) is 0 Å². The fourth-order valence-electron chi connectivity index (χ4n) is 7.76. The smallest absolute Gasteiger partial charge is 0.330 e. The number of ether oxygens (including phenoxy) is 1. The second kappa shape index (κ2) is 20.1. The Hall–Kier alpha value is -4.78. The van der Waals surface area contributed by atoms with E-state index in [0.717, 1.165) is 62.5 Å². The van der Waals surface area contributed by atoms with E-state index < -0.39 is 42.0 Å². The van der Waals surface area contributed by atoms with Crippen molar-refractivity contribution in [2.45, 2.75) is 121 Å². The Balaban J connectivity index is 1.31. The van der Waals surface area contributed by atoms with Crippen molar-refractivity contribution >= 4 is 35.4 Å². The van der Waals surface area contributed by atoms with Crippen molar-refractivity contribution in [1.29, 1.82) is 0 Å². The molecule has 2 aliphatic heterocycles. The summed E-state index contributed by atoms with van der Waals surface area (Å²) < 4.78 is 6.05. The van der Waals surface area contributed by atoms with E-state index in [-0.39, 0.29) is 49.6 Å². The van der Waals surface area contributed by atoms with Gasteiger partial charge in [-0.05, 0) is 66.8 Å². The van der Waals surface area contributed by atoms with Crippen LogP contribution in [0.2, 0.25) is 0 Å². The van der Waals surface area contributed by atoms with Crippen LogP contribution in [0.15, 0.2) is 48.5 Å². The number of carbonyl (C=O) groups is 6. The van der Waals surface area contributed by atoms with Gasteiger partial charge in [-0.1, -0.05) is 81.8 Å². The molecule has 4 amide bonds. The molecule has 1 fully saturated rings. The quantitative estimate of drug-likeness (QED) is 0.204. The zero-order valence-corrected chi connectivity index (χ0v) is 31.3. The van der Waals surface area contributed by atoms with Crippen LogP contribution in [0, 0.1) is 5.92 Å². The minimum atomic E-state index is -1.24. The van der Waals surface area contributed by atoms with Crippen molar-refractivity contribution in [3.8, 4) is 5.75 Å². The average molecular weight is 746 g/mol. The lowest BCUT2D eigenvalue weighted by atomic mass is 9.82. The van der Waals surface area contributed by atoms with Gasteiger partial charge in [0.05, 0.1) is 25.7 Å². The van der Waals surface area contributed by atoms with E-state index in [1.165, 1.54) is 0 Å². The van der Waals surface area contributed by atoms with Crippen LogP contribution in [0.1, 0.15) is 107 Å². The summed E-state index contributed by atoms with van der Waals surface area (Å²) in [5.41, 5.74) is 2.21. The molecule has 2 aromatic carbocycles. The van der Waals surface area contributed by atoms with Crippen molar-refractivity contribution < 1.29 is 38.6 Å². The first-order valence-electron chi connectivity index (χ1n) is 19.6. The first-order chi connectivity index (χ1) is 26.1. The van der Waals surface area contributed by atoms with Crippen LogP contribution >= 0.6 is 0 Å². The Morgan fingerprint density at radius 1 is 0.907 bits per heavy atom. The van der Waals surface area contributed by atoms with Gasteiger partial charge in [-0.3, -0.25) is 24.0 Å². The summed E-state index contributed by atoms with van der Waals surface area (Å²) in [4.78, 5) is 81.7. The first kappa shape index (κ1) is 40.4. The van der Waals surface area contributed by atoms with E-state index in [4.69, 9.17) is 4.74 Å². The van der Waals surface area contributed by atoms with Gasteiger partial charge in [-0.15, -0.1) is 0 Å². The Morgan fingerprint density at radius 3 is 2.39 bits per heavy atom. The van der Waals surface area contributed by atoms with E-state index in [2.05, 4.69) is 21.3 Å². The van der Waals surface area contributed by atoms with E-state index in [1.807, 2.05) is 25.1 Å². The van der Waals surface area contributed by atoms with Gasteiger partial charge in [0, 0.05) is 19.4 Å². The Bertz CT molecular complexity index is 1630. The van der Waals surface area contributed by atoms with E-state index in [9.17, 15) is 33.9 Å². The van der Waals surface area contributed by atoms with E-state index >= 15 is 0 Å². The molecule has 0 aromatic heterocycles. The van der Waals surface area contributed by atoms with Crippen molar-refractivity contribution in [2.75, 3.05) is 19.7 Å². The summed E-state index contributed by atoms with van der Waals surface area (Å²) in [6, 6.07) is 10.3. The lowest BCUT2D eigenvalue weighted by Crippen LogP contribution is -2.60. The van der Waals surface area contributed by atoms with Gasteiger partial charge in [0.1, 0.15) is 17.8 Å². The molecule has 2 heterocycles. The maximum absolute atomic E-state index is 14.7. The highest BCUT2D eigenvalue weighted by Crippen LogP contribution is 2.32. The zero-order chi connectivity index (χ0) is 38.5. The summed E-state index contributed by atoms with van der Waals surface area (Å²) in [7, 11) is 0. The Labute approximate surface area is 317 Å². The molecule has 3 aliphatic rings. The fourth-order valence-corrected chi connectivity index (χ4v) is 7.76. The molecule has 0 spiro atoms. The van der Waals surface area contributed by atoms with Gasteiger partial charge < -0.3 is 36.0 Å². The second-order valence-corrected chi connectivity index (χ2v) is 14.7. The normalized spacial score (nSPS) is 20.9. The minimum absolute atomic E-state index is 0.0370. The molecule has 5 rings (SSSR count). The lowest BCUT2D eigenvalue weighted by Gasteiger charge is -2.40. The molecule has 3 bridgehead atoms. The number of benzene rings is 2. The minimum Gasteiger partial charge on any atom is -0.494 e. The van der Waals surface area contributed by atoms with Gasteiger partial charge >= 0.3 is 5.97 Å². The van der Waals surface area contributed by atoms with Crippen molar-refractivity contribution in [1.82, 2.24) is 26.2 Å². The number of carboxylic acids is 1. The zero-order valence-electron chi connectivity index (χ0n) is 31.3. The summed E-state index contributed by atoms with van der Waals surface area (Å²) in [6.45, 7) is 2.05. The average Bonchev–Trinajstić information content (AvgIpc) is 3.17. The monoisotopic (exact) mass is 745 g/mol. The third kappa shape index (κ3) is 11.1.